The molecule has 1 aromatic carbocycles. The number of thiophene rings is 1. The van der Waals surface area contributed by atoms with Crippen LogP contribution in [0.3, 0.4) is 0 Å². The Morgan fingerprint density at radius 1 is 1.42 bits per heavy atom. The summed E-state index contributed by atoms with van der Waals surface area (Å²) in [5, 5.41) is 2.85. The molecule has 2 rings (SSSR count). The molecule has 0 bridgehead atoms. The molecule has 12 heavy (non-hydrogen) atoms. The van der Waals surface area contributed by atoms with Gasteiger partial charge in [0.05, 0.1) is 5.02 Å². The van der Waals surface area contributed by atoms with Crippen molar-refractivity contribution >= 4 is 45.7 Å². The molecule has 0 atom stereocenters. The Kier molecular flexibility index (Phi) is 2.02. The first-order chi connectivity index (χ1) is 5.68. The number of hydrogen-bond donors (Lipinski definition) is 1. The van der Waals surface area contributed by atoms with Gasteiger partial charge in [0, 0.05) is 20.4 Å². The average molecular weight is 219 g/mol. The zero-order valence-electron chi connectivity index (χ0n) is 5.84. The fourth-order valence-corrected chi connectivity index (χ4v) is 2.50. The lowest BCUT2D eigenvalue weighted by atomic mass is 10.2. The van der Waals surface area contributed by atoms with Crippen LogP contribution < -0.4 is 0 Å². The van der Waals surface area contributed by atoms with Gasteiger partial charge >= 0.3 is 0 Å². The molecule has 0 saturated heterocycles. The Bertz CT molecular complexity index is 436. The minimum Gasteiger partial charge on any atom is -0.205 e. The number of hydrogen-bond acceptors (Lipinski definition) is 2. The van der Waals surface area contributed by atoms with E-state index in [4.69, 9.17) is 11.6 Å². The lowest BCUT2D eigenvalue weighted by molar-refractivity contribution is 0.630. The van der Waals surface area contributed by atoms with Gasteiger partial charge in [-0.1, -0.05) is 11.6 Å². The van der Waals surface area contributed by atoms with Crippen LogP contribution in [0.5, 0.6) is 0 Å². The maximum absolute atomic E-state index is 12.9. The number of rotatable bonds is 0. The first-order valence-electron chi connectivity index (χ1n) is 3.23. The van der Waals surface area contributed by atoms with E-state index in [0.29, 0.717) is 0 Å². The topological polar surface area (TPSA) is 0 Å². The molecule has 0 aliphatic rings. The van der Waals surface area contributed by atoms with E-state index in [1.54, 1.807) is 6.07 Å². The summed E-state index contributed by atoms with van der Waals surface area (Å²) >= 11 is 11.3. The summed E-state index contributed by atoms with van der Waals surface area (Å²) in [5.41, 5.74) is 0. The maximum Gasteiger partial charge on any atom is 0.142 e. The van der Waals surface area contributed by atoms with Gasteiger partial charge < -0.3 is 0 Å². The predicted octanol–water partition coefficient (Wildman–Crippen LogP) is 3.98. The second-order valence-corrected chi connectivity index (χ2v) is 4.18. The third kappa shape index (κ3) is 1.22. The van der Waals surface area contributed by atoms with Gasteiger partial charge in [-0.05, 0) is 12.1 Å². The molecule has 0 saturated carbocycles. The minimum absolute atomic E-state index is 0.165. The van der Waals surface area contributed by atoms with Crippen molar-refractivity contribution in [1.29, 1.82) is 0 Å². The third-order valence-corrected chi connectivity index (χ3v) is 3.38. The quantitative estimate of drug-likeness (QED) is 0.636. The van der Waals surface area contributed by atoms with Crippen molar-refractivity contribution in [2.75, 3.05) is 0 Å². The molecular weight excluding hydrogens is 215 g/mol. The molecule has 0 unspecified atom stereocenters. The Balaban J connectivity index is 2.87. The molecule has 0 amide bonds. The van der Waals surface area contributed by atoms with Crippen molar-refractivity contribution in [3.8, 4) is 0 Å². The number of halogens is 2. The summed E-state index contributed by atoms with van der Waals surface area (Å²) < 4.78 is 13.9. The van der Waals surface area contributed by atoms with E-state index < -0.39 is 5.82 Å². The molecule has 0 radical (unpaired) electrons. The van der Waals surface area contributed by atoms with Gasteiger partial charge in [0.2, 0.25) is 0 Å². The van der Waals surface area contributed by atoms with Crippen LogP contribution in [0.25, 0.3) is 10.1 Å². The molecule has 1 heterocycles. The van der Waals surface area contributed by atoms with Gasteiger partial charge in [-0.25, -0.2) is 4.39 Å². The van der Waals surface area contributed by atoms with Crippen LogP contribution >= 0.6 is 35.6 Å². The summed E-state index contributed by atoms with van der Waals surface area (Å²) in [4.78, 5) is 0.797. The highest BCUT2D eigenvalue weighted by atomic mass is 35.5. The summed E-state index contributed by atoms with van der Waals surface area (Å²) in [6.45, 7) is 0. The first-order valence-corrected chi connectivity index (χ1v) is 4.94. The Morgan fingerprint density at radius 2 is 2.17 bits per heavy atom. The third-order valence-electron chi connectivity index (χ3n) is 1.60. The summed E-state index contributed by atoms with van der Waals surface area (Å²) in [7, 11) is 0. The van der Waals surface area contributed by atoms with Gasteiger partial charge in [0.1, 0.15) is 5.82 Å². The van der Waals surface area contributed by atoms with Gasteiger partial charge in [-0.3, -0.25) is 0 Å². The van der Waals surface area contributed by atoms with Gasteiger partial charge in [-0.2, -0.15) is 0 Å². The van der Waals surface area contributed by atoms with Crippen molar-refractivity contribution in [3.63, 3.8) is 0 Å². The van der Waals surface area contributed by atoms with Crippen molar-refractivity contribution in [3.05, 3.63) is 28.4 Å². The van der Waals surface area contributed by atoms with Crippen LogP contribution in [0.4, 0.5) is 4.39 Å². The minimum atomic E-state index is -0.391. The van der Waals surface area contributed by atoms with E-state index in [0.717, 1.165) is 15.0 Å². The zero-order chi connectivity index (χ0) is 8.72. The summed E-state index contributed by atoms with van der Waals surface area (Å²) in [6.07, 6.45) is 0. The maximum atomic E-state index is 12.9. The van der Waals surface area contributed by atoms with Crippen LogP contribution in [0.15, 0.2) is 22.4 Å². The highest BCUT2D eigenvalue weighted by Crippen LogP contribution is 2.32. The smallest absolute Gasteiger partial charge is 0.142 e. The molecule has 0 spiro atoms. The van der Waals surface area contributed by atoms with Crippen LogP contribution in [0.2, 0.25) is 5.02 Å². The van der Waals surface area contributed by atoms with E-state index >= 15 is 0 Å². The molecule has 2 aromatic rings. The van der Waals surface area contributed by atoms with Crippen LogP contribution in [-0.4, -0.2) is 0 Å². The molecule has 0 aliphatic heterocycles. The van der Waals surface area contributed by atoms with Crippen LogP contribution in [0, 0.1) is 5.82 Å². The second kappa shape index (κ2) is 2.91. The Labute approximate surface area is 83.4 Å². The van der Waals surface area contributed by atoms with Gasteiger partial charge in [0.15, 0.2) is 0 Å². The Morgan fingerprint density at radius 3 is 2.92 bits per heavy atom. The van der Waals surface area contributed by atoms with E-state index in [9.17, 15) is 4.39 Å². The van der Waals surface area contributed by atoms with E-state index in [-0.39, 0.29) is 5.02 Å². The summed E-state index contributed by atoms with van der Waals surface area (Å²) in [5.74, 6) is -0.391. The first kappa shape index (κ1) is 8.35. The highest BCUT2D eigenvalue weighted by Gasteiger charge is 2.05. The molecule has 62 valence electrons. The molecule has 4 heteroatoms. The highest BCUT2D eigenvalue weighted by molar-refractivity contribution is 7.80. The zero-order valence-corrected chi connectivity index (χ0v) is 8.31. The fraction of sp³-hybridized carbons (Fsp3) is 0. The number of benzene rings is 1. The number of thiol groups is 1. The van der Waals surface area contributed by atoms with E-state index in [2.05, 4.69) is 12.6 Å². The normalized spacial score (nSPS) is 10.9. The molecular formula is C8H4ClFS2. The molecule has 1 aromatic heterocycles. The summed E-state index contributed by atoms with van der Waals surface area (Å²) in [6, 6.07) is 3.03. The largest absolute Gasteiger partial charge is 0.205 e. The second-order valence-electron chi connectivity index (χ2n) is 2.38. The standard InChI is InChI=1S/C8H4ClFS2/c9-5-2-8-4(1-6(5)10)7(11)3-12-8/h1-3,11H. The van der Waals surface area contributed by atoms with E-state index in [1.165, 1.54) is 17.4 Å². The Hall–Kier alpha value is -0.250. The lowest BCUT2D eigenvalue weighted by Crippen LogP contribution is -1.74. The molecule has 0 nitrogen and oxygen atoms in total. The van der Waals surface area contributed by atoms with Crippen LogP contribution in [0.1, 0.15) is 0 Å². The SMILES string of the molecule is Fc1cc2c(S)csc2cc1Cl. The monoisotopic (exact) mass is 218 g/mol. The predicted molar refractivity (Wildman–Crippen MR) is 54.0 cm³/mol. The molecule has 0 fully saturated rings. The lowest BCUT2D eigenvalue weighted by Gasteiger charge is -1.94. The molecule has 0 aliphatic carbocycles. The van der Waals surface area contributed by atoms with Crippen molar-refractivity contribution < 1.29 is 4.39 Å². The number of fused-ring (bicyclic) bond motifs is 1. The van der Waals surface area contributed by atoms with Gasteiger partial charge in [-0.15, -0.1) is 24.0 Å². The van der Waals surface area contributed by atoms with Crippen LogP contribution in [-0.2, 0) is 0 Å². The van der Waals surface area contributed by atoms with Crippen molar-refractivity contribution in [2.24, 2.45) is 0 Å². The fourth-order valence-electron chi connectivity index (χ4n) is 1.01. The van der Waals surface area contributed by atoms with Crippen molar-refractivity contribution in [1.82, 2.24) is 0 Å². The molecule has 0 N–H and O–H groups in total. The van der Waals surface area contributed by atoms with Gasteiger partial charge in [0.25, 0.3) is 0 Å². The van der Waals surface area contributed by atoms with E-state index in [1.807, 2.05) is 5.38 Å². The average Bonchev–Trinajstić information content (AvgIpc) is 2.35. The van der Waals surface area contributed by atoms with Crippen molar-refractivity contribution in [2.45, 2.75) is 4.90 Å².